The standard InChI is InChI=1S/C15H20ClNO4S/c16-22(19,20)11-13-8-4-5-9-14(13)17-15(18)21-10-12-6-2-1-3-7-12/h1-3,6-7,13-14H,4-5,8-11H2,(H,17,18). The second kappa shape index (κ2) is 7.83. The topological polar surface area (TPSA) is 72.5 Å². The van der Waals surface area contributed by atoms with Crippen LogP contribution in [0.3, 0.4) is 0 Å². The van der Waals surface area contributed by atoms with Crippen LogP contribution in [0.2, 0.25) is 0 Å². The highest BCUT2D eigenvalue weighted by molar-refractivity contribution is 8.13. The molecule has 1 aliphatic rings. The zero-order valence-corrected chi connectivity index (χ0v) is 13.8. The summed E-state index contributed by atoms with van der Waals surface area (Å²) in [4.78, 5) is 11.9. The lowest BCUT2D eigenvalue weighted by atomic mass is 9.86. The van der Waals surface area contributed by atoms with Crippen molar-refractivity contribution in [3.63, 3.8) is 0 Å². The van der Waals surface area contributed by atoms with Gasteiger partial charge in [-0.3, -0.25) is 0 Å². The average molecular weight is 346 g/mol. The minimum atomic E-state index is -3.57. The quantitative estimate of drug-likeness (QED) is 0.832. The van der Waals surface area contributed by atoms with Gasteiger partial charge in [-0.2, -0.15) is 0 Å². The fraction of sp³-hybridized carbons (Fsp3) is 0.533. The summed E-state index contributed by atoms with van der Waals surface area (Å²) < 4.78 is 27.7. The number of rotatable bonds is 5. The van der Waals surface area contributed by atoms with Gasteiger partial charge in [-0.1, -0.05) is 43.2 Å². The lowest BCUT2D eigenvalue weighted by molar-refractivity contribution is 0.128. The number of ether oxygens (including phenoxy) is 1. The molecule has 1 aromatic rings. The first-order valence-electron chi connectivity index (χ1n) is 7.33. The van der Waals surface area contributed by atoms with E-state index < -0.39 is 15.1 Å². The van der Waals surface area contributed by atoms with Crippen LogP contribution in [0.5, 0.6) is 0 Å². The maximum absolute atomic E-state index is 11.9. The molecule has 2 rings (SSSR count). The lowest BCUT2D eigenvalue weighted by Crippen LogP contribution is -2.44. The van der Waals surface area contributed by atoms with Crippen molar-refractivity contribution in [3.8, 4) is 0 Å². The van der Waals surface area contributed by atoms with E-state index in [4.69, 9.17) is 15.4 Å². The molecule has 5 nitrogen and oxygen atoms in total. The van der Waals surface area contributed by atoms with Gasteiger partial charge in [-0.25, -0.2) is 13.2 Å². The van der Waals surface area contributed by atoms with Crippen molar-refractivity contribution in [3.05, 3.63) is 35.9 Å². The maximum atomic E-state index is 11.9. The Balaban J connectivity index is 1.85. The van der Waals surface area contributed by atoms with Gasteiger partial charge in [0.2, 0.25) is 9.05 Å². The smallest absolute Gasteiger partial charge is 0.407 e. The van der Waals surface area contributed by atoms with Gasteiger partial charge in [-0.15, -0.1) is 0 Å². The normalized spacial score (nSPS) is 22.0. The van der Waals surface area contributed by atoms with Crippen LogP contribution in [0, 0.1) is 5.92 Å². The minimum Gasteiger partial charge on any atom is -0.445 e. The number of halogens is 1. The SMILES string of the molecule is O=C(NC1CCCCC1CS(=O)(=O)Cl)OCc1ccccc1. The van der Waals surface area contributed by atoms with Crippen molar-refractivity contribution in [1.82, 2.24) is 5.32 Å². The van der Waals surface area contributed by atoms with Crippen LogP contribution in [0.15, 0.2) is 30.3 Å². The van der Waals surface area contributed by atoms with E-state index in [1.807, 2.05) is 30.3 Å². The summed E-state index contributed by atoms with van der Waals surface area (Å²) in [7, 11) is 1.77. The molecule has 2 unspecified atom stereocenters. The van der Waals surface area contributed by atoms with Gasteiger partial charge in [0, 0.05) is 16.7 Å². The first kappa shape index (κ1) is 17.1. The first-order chi connectivity index (χ1) is 10.4. The molecule has 22 heavy (non-hydrogen) atoms. The third kappa shape index (κ3) is 5.85. The molecule has 0 aliphatic heterocycles. The van der Waals surface area contributed by atoms with E-state index in [1.165, 1.54) is 0 Å². The Morgan fingerprint density at radius 1 is 1.23 bits per heavy atom. The Labute approximate surface area is 135 Å². The van der Waals surface area contributed by atoms with E-state index in [0.29, 0.717) is 0 Å². The zero-order valence-electron chi connectivity index (χ0n) is 12.2. The summed E-state index contributed by atoms with van der Waals surface area (Å²) in [5, 5.41) is 2.78. The van der Waals surface area contributed by atoms with Gasteiger partial charge < -0.3 is 10.1 Å². The molecule has 1 aromatic carbocycles. The molecule has 7 heteroatoms. The van der Waals surface area contributed by atoms with Crippen molar-refractivity contribution in [1.29, 1.82) is 0 Å². The van der Waals surface area contributed by atoms with Crippen LogP contribution in [0.4, 0.5) is 4.79 Å². The van der Waals surface area contributed by atoms with E-state index in [9.17, 15) is 13.2 Å². The van der Waals surface area contributed by atoms with E-state index in [1.54, 1.807) is 0 Å². The molecule has 0 radical (unpaired) electrons. The first-order valence-corrected chi connectivity index (χ1v) is 9.81. The second-order valence-corrected chi connectivity index (χ2v) is 8.38. The number of carbonyl (C=O) groups is 1. The molecule has 1 N–H and O–H groups in total. The third-order valence-corrected chi connectivity index (χ3v) is 5.04. The average Bonchev–Trinajstić information content (AvgIpc) is 2.47. The second-order valence-electron chi connectivity index (χ2n) is 5.56. The lowest BCUT2D eigenvalue weighted by Gasteiger charge is -2.31. The summed E-state index contributed by atoms with van der Waals surface area (Å²) in [6, 6.07) is 9.18. The van der Waals surface area contributed by atoms with Crippen LogP contribution in [0.1, 0.15) is 31.2 Å². The molecule has 0 aromatic heterocycles. The number of alkyl carbamates (subject to hydrolysis) is 1. The molecular weight excluding hydrogens is 326 g/mol. The summed E-state index contributed by atoms with van der Waals surface area (Å²) in [6.07, 6.45) is 2.89. The summed E-state index contributed by atoms with van der Waals surface area (Å²) in [6.45, 7) is 0.192. The maximum Gasteiger partial charge on any atom is 0.407 e. The van der Waals surface area contributed by atoms with E-state index in [2.05, 4.69) is 5.32 Å². The Hall–Kier alpha value is -1.27. The molecule has 0 spiro atoms. The molecule has 0 saturated heterocycles. The fourth-order valence-corrected chi connectivity index (χ4v) is 4.16. The number of carbonyl (C=O) groups excluding carboxylic acids is 1. The van der Waals surface area contributed by atoms with Crippen molar-refractivity contribution in [2.24, 2.45) is 5.92 Å². The molecular formula is C15H20ClNO4S. The van der Waals surface area contributed by atoms with Crippen LogP contribution < -0.4 is 5.32 Å². The van der Waals surface area contributed by atoms with Gasteiger partial charge in [-0.05, 0) is 24.3 Å². The van der Waals surface area contributed by atoms with E-state index >= 15 is 0 Å². The largest absolute Gasteiger partial charge is 0.445 e. The summed E-state index contributed by atoms with van der Waals surface area (Å²) >= 11 is 0. The predicted molar refractivity (Wildman–Crippen MR) is 85.1 cm³/mol. The van der Waals surface area contributed by atoms with E-state index in [-0.39, 0.29) is 24.3 Å². The van der Waals surface area contributed by atoms with Crippen molar-refractivity contribution < 1.29 is 17.9 Å². The molecule has 0 bridgehead atoms. The fourth-order valence-electron chi connectivity index (χ4n) is 2.77. The molecule has 0 heterocycles. The van der Waals surface area contributed by atoms with Crippen LogP contribution >= 0.6 is 10.7 Å². The van der Waals surface area contributed by atoms with Gasteiger partial charge in [0.1, 0.15) is 6.61 Å². The van der Waals surface area contributed by atoms with Gasteiger partial charge in [0.15, 0.2) is 0 Å². The van der Waals surface area contributed by atoms with Gasteiger partial charge >= 0.3 is 6.09 Å². The van der Waals surface area contributed by atoms with Crippen molar-refractivity contribution in [2.75, 3.05) is 5.75 Å². The molecule has 1 aliphatic carbocycles. The number of hydrogen-bond donors (Lipinski definition) is 1. The third-order valence-electron chi connectivity index (χ3n) is 3.84. The molecule has 1 saturated carbocycles. The van der Waals surface area contributed by atoms with Crippen LogP contribution in [0.25, 0.3) is 0 Å². The monoisotopic (exact) mass is 345 g/mol. The Morgan fingerprint density at radius 3 is 2.59 bits per heavy atom. The Morgan fingerprint density at radius 2 is 1.91 bits per heavy atom. The van der Waals surface area contributed by atoms with E-state index in [0.717, 1.165) is 31.2 Å². The minimum absolute atomic E-state index is 0.113. The Bertz CT molecular complexity index is 591. The number of amides is 1. The summed E-state index contributed by atoms with van der Waals surface area (Å²) in [5.74, 6) is -0.265. The van der Waals surface area contributed by atoms with Gasteiger partial charge in [0.05, 0.1) is 5.75 Å². The van der Waals surface area contributed by atoms with Crippen molar-refractivity contribution >= 4 is 25.8 Å². The molecule has 1 amide bonds. The van der Waals surface area contributed by atoms with Crippen LogP contribution in [-0.2, 0) is 20.4 Å². The number of hydrogen-bond acceptors (Lipinski definition) is 4. The predicted octanol–water partition coefficient (Wildman–Crippen LogP) is 3.04. The van der Waals surface area contributed by atoms with Gasteiger partial charge in [0.25, 0.3) is 0 Å². The highest BCUT2D eigenvalue weighted by Crippen LogP contribution is 2.26. The number of benzene rings is 1. The molecule has 2 atom stereocenters. The molecule has 122 valence electrons. The zero-order chi connectivity index (χ0) is 16.0. The van der Waals surface area contributed by atoms with Crippen molar-refractivity contribution in [2.45, 2.75) is 38.3 Å². The highest BCUT2D eigenvalue weighted by Gasteiger charge is 2.30. The van der Waals surface area contributed by atoms with Crippen LogP contribution in [-0.4, -0.2) is 26.3 Å². The highest BCUT2D eigenvalue weighted by atomic mass is 35.7. The summed E-state index contributed by atoms with van der Waals surface area (Å²) in [5.41, 5.74) is 0.904. The number of nitrogens with one attached hydrogen (secondary N) is 1. The Kier molecular flexibility index (Phi) is 6.08. The molecule has 1 fully saturated rings.